The van der Waals surface area contributed by atoms with Crippen LogP contribution in [0.2, 0.25) is 0 Å². The molecule has 43 heavy (non-hydrogen) atoms. The lowest BCUT2D eigenvalue weighted by atomic mass is 10.1. The third-order valence-corrected chi connectivity index (χ3v) is 6.79. The fraction of sp³-hybridized carbons (Fsp3) is 0.250. The number of amides is 2. The predicted octanol–water partition coefficient (Wildman–Crippen LogP) is 3.55. The second-order valence-electron chi connectivity index (χ2n) is 9.75. The molecule has 0 saturated heterocycles. The number of hydrogen-bond acceptors (Lipinski definition) is 8. The Hall–Kier alpha value is -5.32. The fourth-order valence-corrected chi connectivity index (χ4v) is 4.69. The number of aromatic nitrogens is 3. The monoisotopic (exact) mass is 580 g/mol. The number of ether oxygens (including phenoxy) is 2. The zero-order valence-corrected chi connectivity index (χ0v) is 23.8. The predicted molar refractivity (Wildman–Crippen MR) is 162 cm³/mol. The molecular weight excluding hydrogens is 548 g/mol. The standard InChI is InChI=1S/C32H32N6O5/c1-42-29-26(43-20-18-34-27(40)11-5-10-24(39)13-12-22-7-3-2-4-8-22)15-14-25-28(29)36-32(38-19-17-35-30(25)38)37-31(41)23-9-6-16-33-21-23/h2-4,6-9,12-16,21,35H,5,10-11,17-20H2,1H3,(H,34,40)/b13-12+,37-32?. The molecule has 0 aliphatic carbocycles. The molecular formula is C32H32N6O5. The number of carbonyl (C=O) groups excluding carboxylic acids is 3. The van der Waals surface area contributed by atoms with Gasteiger partial charge in [-0.05, 0) is 42.3 Å². The summed E-state index contributed by atoms with van der Waals surface area (Å²) in [6.07, 6.45) is 7.38. The van der Waals surface area contributed by atoms with E-state index in [1.165, 1.54) is 13.3 Å². The van der Waals surface area contributed by atoms with E-state index in [2.05, 4.69) is 25.6 Å². The first-order chi connectivity index (χ1) is 21.0. The summed E-state index contributed by atoms with van der Waals surface area (Å²) in [7, 11) is 1.52. The van der Waals surface area contributed by atoms with E-state index in [9.17, 15) is 14.4 Å². The Morgan fingerprint density at radius 3 is 2.74 bits per heavy atom. The van der Waals surface area contributed by atoms with E-state index in [0.717, 1.165) is 16.8 Å². The highest BCUT2D eigenvalue weighted by atomic mass is 16.5. The number of benzene rings is 2. The van der Waals surface area contributed by atoms with Gasteiger partial charge in [0, 0.05) is 43.7 Å². The Morgan fingerprint density at radius 1 is 1.09 bits per heavy atom. The van der Waals surface area contributed by atoms with Crippen molar-refractivity contribution in [1.82, 2.24) is 19.9 Å². The molecule has 11 heteroatoms. The fourth-order valence-electron chi connectivity index (χ4n) is 4.69. The largest absolute Gasteiger partial charge is 0.491 e. The van der Waals surface area contributed by atoms with Crippen molar-refractivity contribution in [3.8, 4) is 11.5 Å². The van der Waals surface area contributed by atoms with Crippen molar-refractivity contribution in [3.63, 3.8) is 0 Å². The molecule has 0 spiro atoms. The van der Waals surface area contributed by atoms with Gasteiger partial charge in [0.05, 0.1) is 19.2 Å². The maximum Gasteiger partial charge on any atom is 0.281 e. The average molecular weight is 581 g/mol. The minimum absolute atomic E-state index is 0.0198. The number of carbonyl (C=O) groups is 3. The van der Waals surface area contributed by atoms with Gasteiger partial charge in [-0.2, -0.15) is 4.99 Å². The number of nitrogens with zero attached hydrogens (tertiary/aromatic N) is 4. The Bertz CT molecular complexity index is 1720. The van der Waals surface area contributed by atoms with Crippen LogP contribution in [0.1, 0.15) is 35.2 Å². The zero-order chi connectivity index (χ0) is 30.0. The lowest BCUT2D eigenvalue weighted by Crippen LogP contribution is -2.28. The number of methoxy groups -OCH3 is 1. The summed E-state index contributed by atoms with van der Waals surface area (Å²) in [4.78, 5) is 50.1. The number of ketones is 1. The lowest BCUT2D eigenvalue weighted by Gasteiger charge is -2.15. The zero-order valence-electron chi connectivity index (χ0n) is 23.8. The molecule has 1 aliphatic rings. The van der Waals surface area contributed by atoms with Gasteiger partial charge in [0.2, 0.25) is 11.5 Å². The Kier molecular flexibility index (Phi) is 9.53. The first-order valence-corrected chi connectivity index (χ1v) is 14.0. The van der Waals surface area contributed by atoms with Crippen LogP contribution in [0.25, 0.3) is 17.0 Å². The van der Waals surface area contributed by atoms with Gasteiger partial charge in [0.25, 0.3) is 5.91 Å². The maximum absolute atomic E-state index is 12.8. The molecule has 1 aliphatic heterocycles. The molecule has 4 aromatic rings. The molecule has 0 bridgehead atoms. The second-order valence-corrected chi connectivity index (χ2v) is 9.75. The second kappa shape index (κ2) is 14.0. The molecule has 220 valence electrons. The molecule has 2 N–H and O–H groups in total. The van der Waals surface area contributed by atoms with Gasteiger partial charge in [-0.15, -0.1) is 0 Å². The van der Waals surface area contributed by atoms with Crippen LogP contribution < -0.4 is 25.7 Å². The van der Waals surface area contributed by atoms with Gasteiger partial charge >= 0.3 is 0 Å². The number of hydrogen-bond donors (Lipinski definition) is 2. The van der Waals surface area contributed by atoms with Gasteiger partial charge in [-0.1, -0.05) is 36.4 Å². The van der Waals surface area contributed by atoms with Crippen molar-refractivity contribution < 1.29 is 23.9 Å². The van der Waals surface area contributed by atoms with Crippen LogP contribution in [0.3, 0.4) is 0 Å². The first kappa shape index (κ1) is 29.2. The minimum atomic E-state index is -0.448. The third-order valence-electron chi connectivity index (χ3n) is 6.79. The summed E-state index contributed by atoms with van der Waals surface area (Å²) in [5.41, 5.74) is 2.06. The number of anilines is 1. The molecule has 0 atom stereocenters. The van der Waals surface area contributed by atoms with Crippen LogP contribution in [-0.2, 0) is 16.1 Å². The first-order valence-electron chi connectivity index (χ1n) is 14.0. The summed E-state index contributed by atoms with van der Waals surface area (Å²) in [5, 5.41) is 6.96. The SMILES string of the molecule is COc1c(OCCNC(=O)CCCC(=O)/C=C/c2ccccc2)ccc2c3n(c(=NC(=O)c4cccnc4)nc12)CCN3. The van der Waals surface area contributed by atoms with Crippen molar-refractivity contribution >= 4 is 40.4 Å². The Balaban J connectivity index is 1.19. The van der Waals surface area contributed by atoms with Crippen molar-refractivity contribution in [2.24, 2.45) is 4.99 Å². The van der Waals surface area contributed by atoms with Crippen molar-refractivity contribution in [1.29, 1.82) is 0 Å². The summed E-state index contributed by atoms with van der Waals surface area (Å²) >= 11 is 0. The van der Waals surface area contributed by atoms with Crippen LogP contribution in [0.15, 0.2) is 78.1 Å². The number of pyridine rings is 1. The van der Waals surface area contributed by atoms with E-state index in [1.807, 2.05) is 41.0 Å². The maximum atomic E-state index is 12.8. The van der Waals surface area contributed by atoms with Gasteiger partial charge in [0.15, 0.2) is 17.3 Å². The topological polar surface area (TPSA) is 137 Å². The molecule has 0 radical (unpaired) electrons. The van der Waals surface area contributed by atoms with E-state index in [-0.39, 0.29) is 36.9 Å². The number of fused-ring (bicyclic) bond motifs is 3. The van der Waals surface area contributed by atoms with Gasteiger partial charge < -0.3 is 20.1 Å². The van der Waals surface area contributed by atoms with Crippen LogP contribution in [0.5, 0.6) is 11.5 Å². The van der Waals surface area contributed by atoms with Gasteiger partial charge in [-0.25, -0.2) is 4.98 Å². The van der Waals surface area contributed by atoms with Crippen LogP contribution in [-0.4, -0.2) is 58.9 Å². The highest BCUT2D eigenvalue weighted by molar-refractivity contribution is 5.97. The molecule has 3 heterocycles. The number of allylic oxidation sites excluding steroid dienone is 1. The number of rotatable bonds is 12. The smallest absolute Gasteiger partial charge is 0.281 e. The van der Waals surface area contributed by atoms with Crippen LogP contribution in [0.4, 0.5) is 5.82 Å². The van der Waals surface area contributed by atoms with E-state index in [1.54, 1.807) is 36.5 Å². The quantitative estimate of drug-likeness (QED) is 0.192. The van der Waals surface area contributed by atoms with Crippen molar-refractivity contribution in [3.05, 3.63) is 89.8 Å². The molecule has 0 saturated carbocycles. The van der Waals surface area contributed by atoms with Gasteiger partial charge in [-0.3, -0.25) is 23.9 Å². The van der Waals surface area contributed by atoms with Crippen LogP contribution >= 0.6 is 0 Å². The highest BCUT2D eigenvalue weighted by Gasteiger charge is 2.21. The minimum Gasteiger partial charge on any atom is -0.491 e. The Morgan fingerprint density at radius 2 is 1.95 bits per heavy atom. The van der Waals surface area contributed by atoms with Gasteiger partial charge in [0.1, 0.15) is 17.9 Å². The lowest BCUT2D eigenvalue weighted by molar-refractivity contribution is -0.121. The normalized spacial score (nSPS) is 12.6. The molecule has 5 rings (SSSR count). The Labute approximate surface area is 248 Å². The molecule has 2 amide bonds. The third kappa shape index (κ3) is 7.31. The van der Waals surface area contributed by atoms with Crippen molar-refractivity contribution in [2.75, 3.05) is 32.1 Å². The molecule has 11 nitrogen and oxygen atoms in total. The molecule has 0 fully saturated rings. The van der Waals surface area contributed by atoms with E-state index in [0.29, 0.717) is 48.5 Å². The van der Waals surface area contributed by atoms with Crippen LogP contribution in [0, 0.1) is 0 Å². The van der Waals surface area contributed by atoms with E-state index in [4.69, 9.17) is 9.47 Å². The summed E-state index contributed by atoms with van der Waals surface area (Å²) < 4.78 is 13.5. The molecule has 0 unspecified atom stereocenters. The summed E-state index contributed by atoms with van der Waals surface area (Å²) in [5.74, 6) is 1.01. The van der Waals surface area contributed by atoms with E-state index >= 15 is 0 Å². The summed E-state index contributed by atoms with van der Waals surface area (Å²) in [6.45, 7) is 1.75. The molecule has 2 aromatic heterocycles. The summed E-state index contributed by atoms with van der Waals surface area (Å²) in [6, 6.07) is 16.6. The average Bonchev–Trinajstić information content (AvgIpc) is 3.54. The highest BCUT2D eigenvalue weighted by Crippen LogP contribution is 2.37. The molecule has 2 aromatic carbocycles. The number of nitrogens with one attached hydrogen (secondary N) is 2. The van der Waals surface area contributed by atoms with E-state index < -0.39 is 5.91 Å². The van der Waals surface area contributed by atoms with Crippen molar-refractivity contribution in [2.45, 2.75) is 25.8 Å².